The Balaban J connectivity index is 1.85. The summed E-state index contributed by atoms with van der Waals surface area (Å²) < 4.78 is 5.76. The quantitative estimate of drug-likeness (QED) is 0.647. The second-order valence-corrected chi connectivity index (χ2v) is 5.60. The fourth-order valence-corrected chi connectivity index (χ4v) is 2.77. The van der Waals surface area contributed by atoms with Crippen molar-refractivity contribution in [3.63, 3.8) is 0 Å². The average Bonchev–Trinajstić information content (AvgIpc) is 2.41. The third-order valence-electron chi connectivity index (χ3n) is 4.10. The molecule has 7 heteroatoms. The van der Waals surface area contributed by atoms with Crippen LogP contribution in [-0.4, -0.2) is 23.5 Å². The van der Waals surface area contributed by atoms with Crippen LogP contribution in [0.15, 0.2) is 12.1 Å². The molecule has 0 atom stereocenters. The smallest absolute Gasteiger partial charge is 0.313 e. The van der Waals surface area contributed by atoms with Gasteiger partial charge in [0.2, 0.25) is 5.91 Å². The molecule has 1 aromatic rings. The third-order valence-corrected chi connectivity index (χ3v) is 4.10. The summed E-state index contributed by atoms with van der Waals surface area (Å²) in [6.07, 6.45) is 2.63. The van der Waals surface area contributed by atoms with E-state index >= 15 is 0 Å². The Morgan fingerprint density at radius 3 is 2.81 bits per heavy atom. The van der Waals surface area contributed by atoms with E-state index in [2.05, 4.69) is 5.32 Å². The summed E-state index contributed by atoms with van der Waals surface area (Å²) in [6, 6.07) is 3.07. The minimum Gasteiger partial charge on any atom is -0.483 e. The number of nitrogens with two attached hydrogens (primary N) is 1. The molecule has 0 spiro atoms. The van der Waals surface area contributed by atoms with E-state index in [0.717, 1.165) is 18.4 Å². The normalized spacial score (nSPS) is 23.8. The predicted molar refractivity (Wildman–Crippen MR) is 76.2 cm³/mol. The molecule has 1 saturated carbocycles. The number of benzene rings is 1. The molecule has 112 valence electrons. The third kappa shape index (κ3) is 2.69. The highest BCUT2D eigenvalue weighted by molar-refractivity contribution is 5.94. The van der Waals surface area contributed by atoms with Gasteiger partial charge in [-0.05, 0) is 43.4 Å². The maximum atomic E-state index is 11.4. The molecular formula is C14H17N3O4. The summed E-state index contributed by atoms with van der Waals surface area (Å²) in [5, 5.41) is 13.9. The number of hydrogen-bond acceptors (Lipinski definition) is 5. The number of amides is 1. The molecule has 3 rings (SSSR count). The minimum atomic E-state index is -0.477. The minimum absolute atomic E-state index is 0.00604. The molecule has 1 fully saturated rings. The molecule has 0 aromatic heterocycles. The zero-order valence-corrected chi connectivity index (χ0v) is 11.5. The van der Waals surface area contributed by atoms with E-state index in [0.29, 0.717) is 31.0 Å². The molecule has 1 aromatic carbocycles. The lowest BCUT2D eigenvalue weighted by Gasteiger charge is -2.34. The summed E-state index contributed by atoms with van der Waals surface area (Å²) >= 11 is 0. The number of carbonyl (C=O) groups is 1. The molecule has 1 heterocycles. The van der Waals surface area contributed by atoms with E-state index in [-0.39, 0.29) is 23.4 Å². The van der Waals surface area contributed by atoms with Crippen LogP contribution in [0.5, 0.6) is 5.75 Å². The fourth-order valence-electron chi connectivity index (χ4n) is 2.77. The first-order valence-electron chi connectivity index (χ1n) is 7.04. The lowest BCUT2D eigenvalue weighted by atomic mass is 9.82. The lowest BCUT2D eigenvalue weighted by Crippen LogP contribution is -2.37. The van der Waals surface area contributed by atoms with Gasteiger partial charge < -0.3 is 15.8 Å². The topological polar surface area (TPSA) is 107 Å². The van der Waals surface area contributed by atoms with Gasteiger partial charge in [-0.2, -0.15) is 0 Å². The maximum Gasteiger partial charge on any atom is 0.313 e. The van der Waals surface area contributed by atoms with Gasteiger partial charge in [-0.3, -0.25) is 14.9 Å². The van der Waals surface area contributed by atoms with Gasteiger partial charge >= 0.3 is 5.69 Å². The molecule has 1 aliphatic carbocycles. The van der Waals surface area contributed by atoms with Crippen LogP contribution in [-0.2, 0) is 11.2 Å². The second kappa shape index (κ2) is 5.33. The van der Waals surface area contributed by atoms with Crippen LogP contribution in [0.25, 0.3) is 0 Å². The molecule has 21 heavy (non-hydrogen) atoms. The first-order valence-corrected chi connectivity index (χ1v) is 7.04. The molecule has 0 radical (unpaired) electrons. The van der Waals surface area contributed by atoms with Gasteiger partial charge in [0.1, 0.15) is 0 Å². The van der Waals surface area contributed by atoms with E-state index in [1.807, 2.05) is 0 Å². The summed E-state index contributed by atoms with van der Waals surface area (Å²) in [5.74, 6) is 0.622. The first kappa shape index (κ1) is 13.8. The van der Waals surface area contributed by atoms with Crippen LogP contribution >= 0.6 is 0 Å². The van der Waals surface area contributed by atoms with E-state index in [1.54, 1.807) is 6.07 Å². The standard InChI is InChI=1S/C14H17N3O4/c15-7-8-3-10(4-8)21-13-5-9-1-2-14(18)16-11(9)6-12(13)17(19)20/h5-6,8,10H,1-4,7,15H2,(H,16,18). The molecular weight excluding hydrogens is 274 g/mol. The summed E-state index contributed by atoms with van der Waals surface area (Å²) in [7, 11) is 0. The van der Waals surface area contributed by atoms with Gasteiger partial charge in [0.05, 0.1) is 16.7 Å². The largest absolute Gasteiger partial charge is 0.483 e. The van der Waals surface area contributed by atoms with Crippen LogP contribution in [0.2, 0.25) is 0 Å². The van der Waals surface area contributed by atoms with Gasteiger partial charge in [-0.15, -0.1) is 0 Å². The molecule has 0 bridgehead atoms. The van der Waals surface area contributed by atoms with Gasteiger partial charge in [-0.1, -0.05) is 0 Å². The molecule has 7 nitrogen and oxygen atoms in total. The Morgan fingerprint density at radius 2 is 2.14 bits per heavy atom. The van der Waals surface area contributed by atoms with E-state index in [9.17, 15) is 14.9 Å². The van der Waals surface area contributed by atoms with Gasteiger partial charge in [-0.25, -0.2) is 0 Å². The van der Waals surface area contributed by atoms with Crippen LogP contribution in [0.3, 0.4) is 0 Å². The number of nitrogens with one attached hydrogen (secondary N) is 1. The number of fused-ring (bicyclic) bond motifs is 1. The summed E-state index contributed by atoms with van der Waals surface area (Å²) in [4.78, 5) is 22.1. The highest BCUT2D eigenvalue weighted by Gasteiger charge is 2.32. The van der Waals surface area contributed by atoms with Gasteiger partial charge in [0.15, 0.2) is 5.75 Å². The number of anilines is 1. The van der Waals surface area contributed by atoms with E-state index < -0.39 is 4.92 Å². The fraction of sp³-hybridized carbons (Fsp3) is 0.500. The van der Waals surface area contributed by atoms with Crippen molar-refractivity contribution < 1.29 is 14.5 Å². The molecule has 0 unspecified atom stereocenters. The first-order chi connectivity index (χ1) is 10.1. The van der Waals surface area contributed by atoms with Crippen LogP contribution in [0, 0.1) is 16.0 Å². The monoisotopic (exact) mass is 291 g/mol. The second-order valence-electron chi connectivity index (χ2n) is 5.60. The van der Waals surface area contributed by atoms with Crippen LogP contribution < -0.4 is 15.8 Å². The van der Waals surface area contributed by atoms with E-state index in [4.69, 9.17) is 10.5 Å². The molecule has 1 aliphatic heterocycles. The number of nitrogens with zero attached hydrogens (tertiary/aromatic N) is 1. The Kier molecular flexibility index (Phi) is 3.50. The number of carbonyl (C=O) groups excluding carboxylic acids is 1. The Morgan fingerprint density at radius 1 is 1.38 bits per heavy atom. The Labute approximate surface area is 121 Å². The van der Waals surface area contributed by atoms with Crippen molar-refractivity contribution in [3.8, 4) is 5.75 Å². The average molecular weight is 291 g/mol. The Bertz CT molecular complexity index is 596. The van der Waals surface area contributed by atoms with Gasteiger partial charge in [0.25, 0.3) is 0 Å². The molecule has 1 amide bonds. The maximum absolute atomic E-state index is 11.4. The van der Waals surface area contributed by atoms with Crippen molar-refractivity contribution in [1.82, 2.24) is 0 Å². The number of aryl methyl sites for hydroxylation is 1. The SMILES string of the molecule is NCC1CC(Oc2cc3c(cc2[N+](=O)[O-])NC(=O)CC3)C1. The number of rotatable bonds is 4. The van der Waals surface area contributed by atoms with Crippen molar-refractivity contribution in [3.05, 3.63) is 27.8 Å². The van der Waals surface area contributed by atoms with Crippen LogP contribution in [0.4, 0.5) is 11.4 Å². The van der Waals surface area contributed by atoms with E-state index in [1.165, 1.54) is 6.07 Å². The number of ether oxygens (including phenoxy) is 1. The highest BCUT2D eigenvalue weighted by atomic mass is 16.6. The predicted octanol–water partition coefficient (Wildman–Crippen LogP) is 1.60. The van der Waals surface area contributed by atoms with Crippen molar-refractivity contribution in [2.45, 2.75) is 31.8 Å². The zero-order chi connectivity index (χ0) is 15.0. The number of nitro groups is 1. The zero-order valence-electron chi connectivity index (χ0n) is 11.5. The van der Waals surface area contributed by atoms with Crippen molar-refractivity contribution in [2.75, 3.05) is 11.9 Å². The van der Waals surface area contributed by atoms with Crippen molar-refractivity contribution in [2.24, 2.45) is 11.7 Å². The highest BCUT2D eigenvalue weighted by Crippen LogP contribution is 2.39. The van der Waals surface area contributed by atoms with Crippen molar-refractivity contribution >= 4 is 17.3 Å². The lowest BCUT2D eigenvalue weighted by molar-refractivity contribution is -0.386. The molecule has 3 N–H and O–H groups in total. The number of nitro benzene ring substituents is 1. The van der Waals surface area contributed by atoms with Crippen LogP contribution in [0.1, 0.15) is 24.8 Å². The molecule has 2 aliphatic rings. The Hall–Kier alpha value is -2.15. The van der Waals surface area contributed by atoms with Gasteiger partial charge in [0, 0.05) is 12.5 Å². The van der Waals surface area contributed by atoms with Crippen molar-refractivity contribution in [1.29, 1.82) is 0 Å². The summed E-state index contributed by atoms with van der Waals surface area (Å²) in [5.41, 5.74) is 6.86. The molecule has 0 saturated heterocycles. The summed E-state index contributed by atoms with van der Waals surface area (Å²) in [6.45, 7) is 0.623. The number of hydrogen-bond donors (Lipinski definition) is 2.